The van der Waals surface area contributed by atoms with Crippen molar-refractivity contribution in [2.24, 2.45) is 10.3 Å². The Balaban J connectivity index is 1.37. The zero-order chi connectivity index (χ0) is 24.2. The Bertz CT molecular complexity index is 1510. The molecular formula is C26H22N4O4S. The van der Waals surface area contributed by atoms with Gasteiger partial charge in [-0.05, 0) is 54.7 Å². The number of ketones is 1. The van der Waals surface area contributed by atoms with E-state index in [4.69, 9.17) is 0 Å². The van der Waals surface area contributed by atoms with Crippen molar-refractivity contribution in [2.45, 2.75) is 30.2 Å². The van der Waals surface area contributed by atoms with E-state index in [0.29, 0.717) is 16.9 Å². The second-order valence-electron chi connectivity index (χ2n) is 8.90. The number of benzene rings is 3. The molecular weight excluding hydrogens is 464 g/mol. The zero-order valence-electron chi connectivity index (χ0n) is 18.6. The number of rotatable bonds is 3. The standard InChI is InChI=1S/C26H22N4O4S/c31-24-19-9-3-5-11-21(19)30(28-18-14-13-16-7-1-2-8-17(16)15-18)26(32)23(24)25-27-20-10-4-6-12-22(20)35(33,34)29-25/h1-12,18,23,28H,13-15H2,(H,27,29). The Kier molecular flexibility index (Phi) is 5.05. The van der Waals surface area contributed by atoms with Gasteiger partial charge < -0.3 is 5.32 Å². The first-order valence-corrected chi connectivity index (χ1v) is 12.9. The fourth-order valence-corrected chi connectivity index (χ4v) is 6.17. The quantitative estimate of drug-likeness (QED) is 0.551. The number of hydrogen-bond donors (Lipinski definition) is 2. The molecule has 8 nitrogen and oxygen atoms in total. The SMILES string of the molecule is O=C1c2ccccc2N(NC2CCc3ccccc3C2)C(=O)C1C1=NS(=O)(=O)c2ccccc2N1. The molecule has 0 saturated carbocycles. The monoisotopic (exact) mass is 486 g/mol. The first-order chi connectivity index (χ1) is 16.9. The first kappa shape index (κ1) is 21.7. The lowest BCUT2D eigenvalue weighted by atomic mass is 9.88. The third-order valence-corrected chi connectivity index (χ3v) is 8.07. The van der Waals surface area contributed by atoms with Gasteiger partial charge in [0.25, 0.3) is 15.9 Å². The van der Waals surface area contributed by atoms with Crippen LogP contribution in [0.25, 0.3) is 0 Å². The van der Waals surface area contributed by atoms with Crippen LogP contribution in [0.1, 0.15) is 27.9 Å². The summed E-state index contributed by atoms with van der Waals surface area (Å²) < 4.78 is 29.5. The molecule has 1 amide bonds. The zero-order valence-corrected chi connectivity index (χ0v) is 19.5. The Hall–Kier alpha value is -3.82. The molecule has 2 N–H and O–H groups in total. The van der Waals surface area contributed by atoms with Gasteiger partial charge in [0.1, 0.15) is 10.7 Å². The number of para-hydroxylation sites is 2. The summed E-state index contributed by atoms with van der Waals surface area (Å²) in [5, 5.41) is 4.33. The number of sulfonamides is 1. The van der Waals surface area contributed by atoms with E-state index in [9.17, 15) is 18.0 Å². The average Bonchev–Trinajstić information content (AvgIpc) is 2.86. The summed E-state index contributed by atoms with van der Waals surface area (Å²) in [6, 6.07) is 21.4. The average molecular weight is 487 g/mol. The molecule has 0 fully saturated rings. The van der Waals surface area contributed by atoms with Gasteiger partial charge in [0, 0.05) is 11.6 Å². The van der Waals surface area contributed by atoms with Crippen molar-refractivity contribution in [1.29, 1.82) is 0 Å². The highest BCUT2D eigenvalue weighted by Crippen LogP contribution is 2.34. The predicted octanol–water partition coefficient (Wildman–Crippen LogP) is 3.11. The summed E-state index contributed by atoms with van der Waals surface area (Å²) in [4.78, 5) is 27.2. The minimum atomic E-state index is -4.06. The number of amides is 1. The van der Waals surface area contributed by atoms with Crippen molar-refractivity contribution in [3.63, 3.8) is 0 Å². The van der Waals surface area contributed by atoms with Crippen molar-refractivity contribution in [3.8, 4) is 0 Å². The van der Waals surface area contributed by atoms with Crippen LogP contribution in [0, 0.1) is 5.92 Å². The number of aryl methyl sites for hydroxylation is 1. The van der Waals surface area contributed by atoms with Gasteiger partial charge in [-0.1, -0.05) is 48.5 Å². The molecule has 2 heterocycles. The van der Waals surface area contributed by atoms with E-state index in [1.54, 1.807) is 42.5 Å². The van der Waals surface area contributed by atoms with Crippen molar-refractivity contribution in [1.82, 2.24) is 5.43 Å². The molecule has 35 heavy (non-hydrogen) atoms. The van der Waals surface area contributed by atoms with Gasteiger partial charge in [-0.25, -0.2) is 10.4 Å². The van der Waals surface area contributed by atoms with Crippen LogP contribution in [0.5, 0.6) is 0 Å². The van der Waals surface area contributed by atoms with Gasteiger partial charge in [-0.2, -0.15) is 8.42 Å². The van der Waals surface area contributed by atoms with Crippen LogP contribution in [-0.4, -0.2) is 32.0 Å². The fourth-order valence-electron chi connectivity index (χ4n) is 5.02. The third kappa shape index (κ3) is 3.64. The van der Waals surface area contributed by atoms with Crippen LogP contribution in [0.15, 0.2) is 82.1 Å². The lowest BCUT2D eigenvalue weighted by Gasteiger charge is -2.37. The number of hydrazine groups is 1. The molecule has 3 aliphatic rings. The first-order valence-electron chi connectivity index (χ1n) is 11.4. The topological polar surface area (TPSA) is 108 Å². The lowest BCUT2D eigenvalue weighted by Crippen LogP contribution is -2.58. The van der Waals surface area contributed by atoms with Crippen LogP contribution < -0.4 is 15.8 Å². The fraction of sp³-hybridized carbons (Fsp3) is 0.192. The van der Waals surface area contributed by atoms with Crippen molar-refractivity contribution in [2.75, 3.05) is 10.3 Å². The molecule has 0 spiro atoms. The smallest absolute Gasteiger partial charge is 0.286 e. The maximum Gasteiger partial charge on any atom is 0.286 e. The Labute approximate surface area is 202 Å². The van der Waals surface area contributed by atoms with Crippen LogP contribution in [0.2, 0.25) is 0 Å². The molecule has 1 aliphatic carbocycles. The van der Waals surface area contributed by atoms with E-state index in [1.807, 2.05) is 12.1 Å². The number of fused-ring (bicyclic) bond motifs is 3. The number of amidine groups is 1. The maximum atomic E-state index is 13.8. The summed E-state index contributed by atoms with van der Waals surface area (Å²) in [5.74, 6) is -2.64. The second-order valence-corrected chi connectivity index (χ2v) is 10.5. The number of carbonyl (C=O) groups is 2. The lowest BCUT2D eigenvalue weighted by molar-refractivity contribution is -0.120. The summed E-state index contributed by atoms with van der Waals surface area (Å²) >= 11 is 0. The molecule has 176 valence electrons. The maximum absolute atomic E-state index is 13.8. The Morgan fingerprint density at radius 1 is 0.914 bits per heavy atom. The van der Waals surface area contributed by atoms with E-state index in [0.717, 1.165) is 19.3 Å². The second kappa shape index (κ2) is 8.14. The van der Waals surface area contributed by atoms with E-state index in [2.05, 4.69) is 27.3 Å². The minimum absolute atomic E-state index is 0.00992. The number of anilines is 2. The van der Waals surface area contributed by atoms with Gasteiger partial charge >= 0.3 is 0 Å². The number of Topliss-reactive ketones (excluding diaryl/α,β-unsaturated/α-hetero) is 1. The predicted molar refractivity (Wildman–Crippen MR) is 132 cm³/mol. The van der Waals surface area contributed by atoms with Crippen LogP contribution in [0.3, 0.4) is 0 Å². The third-order valence-electron chi connectivity index (χ3n) is 6.72. The van der Waals surface area contributed by atoms with E-state index < -0.39 is 27.6 Å². The molecule has 3 aromatic rings. The summed E-state index contributed by atoms with van der Waals surface area (Å²) in [5.41, 5.74) is 6.94. The molecule has 3 aromatic carbocycles. The van der Waals surface area contributed by atoms with Crippen LogP contribution >= 0.6 is 0 Å². The van der Waals surface area contributed by atoms with Gasteiger partial charge in [0.05, 0.1) is 11.4 Å². The molecule has 2 unspecified atom stereocenters. The van der Waals surface area contributed by atoms with Gasteiger partial charge in [0.15, 0.2) is 11.7 Å². The number of hydrogen-bond acceptors (Lipinski definition) is 6. The van der Waals surface area contributed by atoms with Crippen LogP contribution in [0.4, 0.5) is 11.4 Å². The van der Waals surface area contributed by atoms with E-state index >= 15 is 0 Å². The molecule has 9 heteroatoms. The number of nitrogens with zero attached hydrogens (tertiary/aromatic N) is 2. The molecule has 0 bridgehead atoms. The molecule has 2 aliphatic heterocycles. The number of nitrogens with one attached hydrogen (secondary N) is 2. The summed E-state index contributed by atoms with van der Waals surface area (Å²) in [7, 11) is -4.06. The molecule has 0 radical (unpaired) electrons. The molecule has 0 saturated heterocycles. The Morgan fingerprint density at radius 3 is 2.49 bits per heavy atom. The normalized spacial score (nSPS) is 22.4. The van der Waals surface area contributed by atoms with Crippen molar-refractivity contribution >= 4 is 38.9 Å². The highest BCUT2D eigenvalue weighted by Gasteiger charge is 2.45. The van der Waals surface area contributed by atoms with Gasteiger partial charge in [-0.3, -0.25) is 9.59 Å². The van der Waals surface area contributed by atoms with Crippen molar-refractivity contribution in [3.05, 3.63) is 89.5 Å². The van der Waals surface area contributed by atoms with Gasteiger partial charge in [-0.15, -0.1) is 4.40 Å². The van der Waals surface area contributed by atoms with Gasteiger partial charge in [0.2, 0.25) is 0 Å². The summed E-state index contributed by atoms with van der Waals surface area (Å²) in [6.45, 7) is 0. The minimum Gasteiger partial charge on any atom is -0.341 e. The Morgan fingerprint density at radius 2 is 1.63 bits per heavy atom. The molecule has 2 atom stereocenters. The molecule has 0 aromatic heterocycles. The van der Waals surface area contributed by atoms with E-state index in [-0.39, 0.29) is 16.8 Å². The van der Waals surface area contributed by atoms with Crippen molar-refractivity contribution < 1.29 is 18.0 Å². The highest BCUT2D eigenvalue weighted by molar-refractivity contribution is 7.90. The van der Waals surface area contributed by atoms with Crippen LogP contribution in [-0.2, 0) is 27.7 Å². The number of carbonyl (C=O) groups excluding carboxylic acids is 2. The van der Waals surface area contributed by atoms with E-state index in [1.165, 1.54) is 22.2 Å². The largest absolute Gasteiger partial charge is 0.341 e. The highest BCUT2D eigenvalue weighted by atomic mass is 32.2. The summed E-state index contributed by atoms with van der Waals surface area (Å²) in [6.07, 6.45) is 2.44. The molecule has 6 rings (SSSR count).